The third-order valence-electron chi connectivity index (χ3n) is 5.17. The number of nitrogens with zero attached hydrogens (tertiary/aromatic N) is 3. The number of aromatic carboxylic acids is 1. The number of hydrogen-bond donors (Lipinski definition) is 1. The number of likely N-dealkylation sites (N-methyl/N-ethyl adjacent to an activating group) is 1. The first-order valence-corrected chi connectivity index (χ1v) is 8.62. The van der Waals surface area contributed by atoms with Gasteiger partial charge in [0.2, 0.25) is 5.43 Å². The number of carboxylic acid groups (broad SMARTS) is 1. The van der Waals surface area contributed by atoms with Crippen LogP contribution >= 0.6 is 0 Å². The molecule has 1 N–H and O–H groups in total. The average molecular weight is 363 g/mol. The van der Waals surface area contributed by atoms with Crippen LogP contribution in [0.1, 0.15) is 29.2 Å². The number of pyridine rings is 1. The first-order valence-electron chi connectivity index (χ1n) is 8.62. The van der Waals surface area contributed by atoms with Gasteiger partial charge in [0.25, 0.3) is 0 Å². The molecule has 4 rings (SSSR count). The van der Waals surface area contributed by atoms with Crippen LogP contribution in [0.2, 0.25) is 0 Å². The van der Waals surface area contributed by atoms with Crippen molar-refractivity contribution in [2.45, 2.75) is 18.9 Å². The van der Waals surface area contributed by atoms with E-state index in [1.54, 1.807) is 4.90 Å². The van der Waals surface area contributed by atoms with Gasteiger partial charge in [-0.1, -0.05) is 0 Å². The number of hydrogen-bond acceptors (Lipinski definition) is 4. The fourth-order valence-electron chi connectivity index (χ4n) is 3.54. The Morgan fingerprint density at radius 1 is 1.19 bits per heavy atom. The lowest BCUT2D eigenvalue weighted by molar-refractivity contribution is 0.0695. The van der Waals surface area contributed by atoms with Crippen LogP contribution in [0.15, 0.2) is 17.1 Å². The van der Waals surface area contributed by atoms with Crippen molar-refractivity contribution in [3.8, 4) is 0 Å². The molecular weight excluding hydrogens is 344 g/mol. The van der Waals surface area contributed by atoms with Crippen molar-refractivity contribution in [3.63, 3.8) is 0 Å². The van der Waals surface area contributed by atoms with Gasteiger partial charge in [0.15, 0.2) is 5.82 Å². The molecule has 0 unspecified atom stereocenters. The van der Waals surface area contributed by atoms with Crippen LogP contribution in [0, 0.1) is 11.6 Å². The third-order valence-corrected chi connectivity index (χ3v) is 5.17. The van der Waals surface area contributed by atoms with E-state index < -0.39 is 28.6 Å². The molecule has 8 heteroatoms. The Hall–Kier alpha value is -2.48. The number of fused-ring (bicyclic) bond motifs is 1. The van der Waals surface area contributed by atoms with Gasteiger partial charge in [-0.2, -0.15) is 0 Å². The summed E-state index contributed by atoms with van der Waals surface area (Å²) in [6.45, 7) is 2.34. The molecule has 0 bridgehead atoms. The summed E-state index contributed by atoms with van der Waals surface area (Å²) in [7, 11) is 1.95. The fraction of sp³-hybridized carbons (Fsp3) is 0.444. The lowest BCUT2D eigenvalue weighted by Crippen LogP contribution is -2.45. The van der Waals surface area contributed by atoms with Crippen LogP contribution in [0.25, 0.3) is 10.9 Å². The van der Waals surface area contributed by atoms with E-state index in [-0.39, 0.29) is 22.6 Å². The standard InChI is InChI=1S/C18H19F2N3O3/c1-21-4-6-22(7-5-21)16-13(19)8-11-15(14(16)20)23(10-2-3-10)9-12(17(11)24)18(25)26/h8-10H,2-7H2,1H3,(H,25,26). The summed E-state index contributed by atoms with van der Waals surface area (Å²) in [6.07, 6.45) is 2.74. The first kappa shape index (κ1) is 17.0. The van der Waals surface area contributed by atoms with Gasteiger partial charge < -0.3 is 19.5 Å². The molecule has 6 nitrogen and oxygen atoms in total. The largest absolute Gasteiger partial charge is 0.477 e. The quantitative estimate of drug-likeness (QED) is 0.904. The number of benzene rings is 1. The van der Waals surface area contributed by atoms with Crippen LogP contribution in [0.3, 0.4) is 0 Å². The SMILES string of the molecule is CN1CCN(c2c(F)cc3c(=O)c(C(=O)O)cn(C4CC4)c3c2F)CC1. The highest BCUT2D eigenvalue weighted by Gasteiger charge is 2.31. The summed E-state index contributed by atoms with van der Waals surface area (Å²) in [4.78, 5) is 27.5. The summed E-state index contributed by atoms with van der Waals surface area (Å²) >= 11 is 0. The maximum atomic E-state index is 15.4. The zero-order chi connectivity index (χ0) is 18.6. The van der Waals surface area contributed by atoms with Crippen LogP contribution in [-0.4, -0.2) is 53.8 Å². The number of rotatable bonds is 3. The highest BCUT2D eigenvalue weighted by atomic mass is 19.1. The van der Waals surface area contributed by atoms with E-state index in [1.165, 1.54) is 10.8 Å². The first-order chi connectivity index (χ1) is 12.4. The molecule has 2 heterocycles. The van der Waals surface area contributed by atoms with Crippen molar-refractivity contribution < 1.29 is 18.7 Å². The van der Waals surface area contributed by atoms with E-state index in [0.717, 1.165) is 18.9 Å². The Morgan fingerprint density at radius 3 is 2.42 bits per heavy atom. The summed E-state index contributed by atoms with van der Waals surface area (Å²) in [5.41, 5.74) is -1.46. The predicted octanol–water partition coefficient (Wildman–Crippen LogP) is 2.06. The number of carbonyl (C=O) groups is 1. The summed E-state index contributed by atoms with van der Waals surface area (Å²) < 4.78 is 31.6. The normalized spacial score (nSPS) is 18.5. The summed E-state index contributed by atoms with van der Waals surface area (Å²) in [5.74, 6) is -3.01. The maximum Gasteiger partial charge on any atom is 0.341 e. The molecule has 1 aliphatic carbocycles. The van der Waals surface area contributed by atoms with Gasteiger partial charge in [-0.05, 0) is 26.0 Å². The van der Waals surface area contributed by atoms with Gasteiger partial charge in [-0.25, -0.2) is 13.6 Å². The molecule has 0 atom stereocenters. The Balaban J connectivity index is 1.97. The molecule has 26 heavy (non-hydrogen) atoms. The van der Waals surface area contributed by atoms with Crippen LogP contribution < -0.4 is 10.3 Å². The van der Waals surface area contributed by atoms with Crippen molar-refractivity contribution >= 4 is 22.6 Å². The van der Waals surface area contributed by atoms with E-state index in [1.807, 2.05) is 7.05 Å². The second-order valence-electron chi connectivity index (χ2n) is 7.02. The van der Waals surface area contributed by atoms with Gasteiger partial charge in [-0.3, -0.25) is 4.79 Å². The number of halogens is 2. The smallest absolute Gasteiger partial charge is 0.341 e. The van der Waals surface area contributed by atoms with E-state index >= 15 is 4.39 Å². The summed E-state index contributed by atoms with van der Waals surface area (Å²) in [5, 5.41) is 9.04. The van der Waals surface area contributed by atoms with Crippen LogP contribution in [0.5, 0.6) is 0 Å². The topological polar surface area (TPSA) is 65.8 Å². The van der Waals surface area contributed by atoms with Gasteiger partial charge in [0.1, 0.15) is 17.1 Å². The minimum Gasteiger partial charge on any atom is -0.477 e. The highest BCUT2D eigenvalue weighted by Crippen LogP contribution is 2.39. The Bertz CT molecular complexity index is 961. The molecule has 2 fully saturated rings. The molecule has 1 saturated heterocycles. The number of aromatic nitrogens is 1. The second-order valence-corrected chi connectivity index (χ2v) is 7.02. The van der Waals surface area contributed by atoms with Crippen LogP contribution in [-0.2, 0) is 0 Å². The number of piperazine rings is 1. The molecular formula is C18H19F2N3O3. The van der Waals surface area contributed by atoms with Crippen molar-refractivity contribution in [2.24, 2.45) is 0 Å². The zero-order valence-electron chi connectivity index (χ0n) is 14.3. The van der Waals surface area contributed by atoms with Gasteiger partial charge in [0.05, 0.1) is 10.9 Å². The maximum absolute atomic E-state index is 15.4. The number of carboxylic acids is 1. The van der Waals surface area contributed by atoms with E-state index in [2.05, 4.69) is 4.90 Å². The lowest BCUT2D eigenvalue weighted by Gasteiger charge is -2.34. The second kappa shape index (κ2) is 6.05. The third kappa shape index (κ3) is 2.65. The van der Waals surface area contributed by atoms with Crippen LogP contribution in [0.4, 0.5) is 14.5 Å². The van der Waals surface area contributed by atoms with Crippen molar-refractivity contribution in [3.05, 3.63) is 39.7 Å². The fourth-order valence-corrected chi connectivity index (χ4v) is 3.54. The Kier molecular flexibility index (Phi) is 3.95. The molecule has 1 aromatic carbocycles. The van der Waals surface area contributed by atoms with Gasteiger partial charge in [0, 0.05) is 38.4 Å². The molecule has 0 spiro atoms. The van der Waals surface area contributed by atoms with Crippen molar-refractivity contribution in [2.75, 3.05) is 38.1 Å². The van der Waals surface area contributed by atoms with Crippen molar-refractivity contribution in [1.82, 2.24) is 9.47 Å². The molecule has 0 radical (unpaired) electrons. The zero-order valence-corrected chi connectivity index (χ0v) is 14.3. The molecule has 0 amide bonds. The van der Waals surface area contributed by atoms with Gasteiger partial charge in [-0.15, -0.1) is 0 Å². The molecule has 1 saturated carbocycles. The molecule has 138 valence electrons. The molecule has 1 aliphatic heterocycles. The molecule has 2 aromatic rings. The van der Waals surface area contributed by atoms with Gasteiger partial charge >= 0.3 is 5.97 Å². The summed E-state index contributed by atoms with van der Waals surface area (Å²) in [6, 6.07) is 0.927. The predicted molar refractivity (Wildman–Crippen MR) is 93.1 cm³/mol. The molecule has 2 aliphatic rings. The average Bonchev–Trinajstić information content (AvgIpc) is 3.42. The highest BCUT2D eigenvalue weighted by molar-refractivity contribution is 5.94. The Morgan fingerprint density at radius 2 is 1.85 bits per heavy atom. The van der Waals surface area contributed by atoms with E-state index in [9.17, 15) is 19.1 Å². The minimum atomic E-state index is -1.39. The van der Waals surface area contributed by atoms with Crippen molar-refractivity contribution in [1.29, 1.82) is 0 Å². The Labute approximate surface area is 148 Å². The minimum absolute atomic E-state index is 0.00201. The molecule has 1 aromatic heterocycles. The monoisotopic (exact) mass is 363 g/mol. The number of anilines is 1. The van der Waals surface area contributed by atoms with E-state index in [4.69, 9.17) is 0 Å². The lowest BCUT2D eigenvalue weighted by atomic mass is 10.1. The van der Waals surface area contributed by atoms with E-state index in [0.29, 0.717) is 26.2 Å².